The maximum absolute atomic E-state index is 13.8. The Morgan fingerprint density at radius 3 is 2.53 bits per heavy atom. The summed E-state index contributed by atoms with van der Waals surface area (Å²) in [5.41, 5.74) is 1.25. The molecule has 1 aromatic carbocycles. The second-order valence-corrected chi connectivity index (χ2v) is 4.32. The van der Waals surface area contributed by atoms with E-state index in [-0.39, 0.29) is 5.82 Å². The van der Waals surface area contributed by atoms with Crippen molar-refractivity contribution in [2.75, 3.05) is 11.4 Å². The van der Waals surface area contributed by atoms with Crippen LogP contribution in [0.2, 0.25) is 0 Å². The van der Waals surface area contributed by atoms with E-state index in [9.17, 15) is 9.50 Å². The summed E-state index contributed by atoms with van der Waals surface area (Å²) < 4.78 is 13.8. The maximum atomic E-state index is 13.8. The van der Waals surface area contributed by atoms with E-state index >= 15 is 0 Å². The molecule has 1 N–H and O–H groups in total. The lowest BCUT2D eigenvalue weighted by Crippen LogP contribution is -2.18. The molecule has 0 spiro atoms. The van der Waals surface area contributed by atoms with Crippen molar-refractivity contribution in [1.82, 2.24) is 4.98 Å². The number of aromatic nitrogens is 1. The van der Waals surface area contributed by atoms with Crippen LogP contribution in [-0.2, 0) is 0 Å². The van der Waals surface area contributed by atoms with Crippen molar-refractivity contribution in [2.45, 2.75) is 20.0 Å². The second kappa shape index (κ2) is 5.80. The number of pyridine rings is 1. The molecular formula is C15H17FN2O. The Morgan fingerprint density at radius 2 is 2.00 bits per heavy atom. The number of aliphatic hydroxyl groups excluding tert-OH is 1. The van der Waals surface area contributed by atoms with Crippen molar-refractivity contribution in [3.05, 3.63) is 54.0 Å². The number of nitrogens with zero attached hydrogens (tertiary/aromatic N) is 2. The molecule has 0 radical (unpaired) electrons. The number of rotatable bonds is 4. The van der Waals surface area contributed by atoms with E-state index in [1.165, 1.54) is 6.07 Å². The smallest absolute Gasteiger partial charge is 0.146 e. The Hall–Kier alpha value is -1.94. The summed E-state index contributed by atoms with van der Waals surface area (Å²) in [6, 6.07) is 10.2. The second-order valence-electron chi connectivity index (χ2n) is 4.32. The fourth-order valence-electron chi connectivity index (χ4n) is 1.93. The van der Waals surface area contributed by atoms with Gasteiger partial charge >= 0.3 is 0 Å². The molecule has 1 heterocycles. The van der Waals surface area contributed by atoms with Crippen LogP contribution in [0.3, 0.4) is 0 Å². The lowest BCUT2D eigenvalue weighted by molar-refractivity contribution is 0.199. The van der Waals surface area contributed by atoms with Gasteiger partial charge in [0.05, 0.1) is 11.8 Å². The third-order valence-corrected chi connectivity index (χ3v) is 2.99. The summed E-state index contributed by atoms with van der Waals surface area (Å²) >= 11 is 0. The predicted molar refractivity (Wildman–Crippen MR) is 74.0 cm³/mol. The average Bonchev–Trinajstić information content (AvgIpc) is 2.42. The monoisotopic (exact) mass is 260 g/mol. The highest BCUT2D eigenvalue weighted by Crippen LogP contribution is 2.26. The highest BCUT2D eigenvalue weighted by atomic mass is 19.1. The molecule has 0 bridgehead atoms. The average molecular weight is 260 g/mol. The minimum absolute atomic E-state index is 0.272. The van der Waals surface area contributed by atoms with Gasteiger partial charge in [-0.2, -0.15) is 0 Å². The highest BCUT2D eigenvalue weighted by Gasteiger charge is 2.13. The molecule has 0 saturated heterocycles. The zero-order valence-corrected chi connectivity index (χ0v) is 11.0. The minimum atomic E-state index is -0.551. The van der Waals surface area contributed by atoms with Gasteiger partial charge in [0.25, 0.3) is 0 Å². The molecule has 0 aliphatic heterocycles. The summed E-state index contributed by atoms with van der Waals surface area (Å²) in [7, 11) is 0. The lowest BCUT2D eigenvalue weighted by Gasteiger charge is -2.22. The van der Waals surface area contributed by atoms with E-state index in [2.05, 4.69) is 4.98 Å². The molecule has 0 amide bonds. The van der Waals surface area contributed by atoms with Gasteiger partial charge in [-0.15, -0.1) is 0 Å². The first-order valence-electron chi connectivity index (χ1n) is 6.29. The molecule has 0 aliphatic carbocycles. The summed E-state index contributed by atoms with van der Waals surface area (Å²) in [5.74, 6) is 0.391. The van der Waals surface area contributed by atoms with Crippen LogP contribution in [0.25, 0.3) is 0 Å². The molecular weight excluding hydrogens is 243 g/mol. The molecule has 4 heteroatoms. The van der Waals surface area contributed by atoms with Gasteiger partial charge in [0.1, 0.15) is 11.6 Å². The van der Waals surface area contributed by atoms with E-state index in [0.717, 1.165) is 5.56 Å². The van der Waals surface area contributed by atoms with Crippen molar-refractivity contribution < 1.29 is 9.50 Å². The van der Waals surface area contributed by atoms with Gasteiger partial charge in [-0.3, -0.25) is 0 Å². The molecule has 0 fully saturated rings. The van der Waals surface area contributed by atoms with Crippen molar-refractivity contribution >= 4 is 11.5 Å². The largest absolute Gasteiger partial charge is 0.389 e. The van der Waals surface area contributed by atoms with Crippen LogP contribution in [0.1, 0.15) is 25.5 Å². The number of benzene rings is 1. The van der Waals surface area contributed by atoms with E-state index in [1.54, 1.807) is 48.4 Å². The Kier molecular flexibility index (Phi) is 4.12. The molecule has 0 aliphatic rings. The standard InChI is InChI=1S/C15H17FN2O/c1-3-18(14-7-5-4-6-13(14)16)15-9-8-12(10-17-15)11(2)19/h4-11,19H,3H2,1-2H3/t11-/m1/s1. The van der Waals surface area contributed by atoms with E-state index in [0.29, 0.717) is 18.1 Å². The molecule has 1 aromatic heterocycles. The fraction of sp³-hybridized carbons (Fsp3) is 0.267. The van der Waals surface area contributed by atoms with E-state index in [1.807, 2.05) is 6.92 Å². The van der Waals surface area contributed by atoms with Crippen LogP contribution in [-0.4, -0.2) is 16.6 Å². The van der Waals surface area contributed by atoms with Crippen molar-refractivity contribution in [3.63, 3.8) is 0 Å². The van der Waals surface area contributed by atoms with Crippen LogP contribution >= 0.6 is 0 Å². The van der Waals surface area contributed by atoms with Crippen LogP contribution in [0.4, 0.5) is 15.9 Å². The molecule has 3 nitrogen and oxygen atoms in total. The van der Waals surface area contributed by atoms with Crippen molar-refractivity contribution in [3.8, 4) is 0 Å². The number of halogens is 1. The van der Waals surface area contributed by atoms with Crippen LogP contribution in [0.15, 0.2) is 42.6 Å². The summed E-state index contributed by atoms with van der Waals surface area (Å²) in [6.07, 6.45) is 1.06. The first-order chi connectivity index (χ1) is 9.13. The minimum Gasteiger partial charge on any atom is -0.389 e. The molecule has 0 saturated carbocycles. The van der Waals surface area contributed by atoms with Gasteiger partial charge in [0.2, 0.25) is 0 Å². The fourth-order valence-corrected chi connectivity index (χ4v) is 1.93. The Balaban J connectivity index is 2.35. The number of anilines is 2. The van der Waals surface area contributed by atoms with Gasteiger partial charge in [0, 0.05) is 12.7 Å². The van der Waals surface area contributed by atoms with E-state index < -0.39 is 6.10 Å². The molecule has 2 rings (SSSR count). The van der Waals surface area contributed by atoms with Crippen LogP contribution in [0, 0.1) is 5.82 Å². The van der Waals surface area contributed by atoms with Gasteiger partial charge in [-0.25, -0.2) is 9.37 Å². The molecule has 19 heavy (non-hydrogen) atoms. The Labute approximate surface area is 112 Å². The SMILES string of the molecule is CCN(c1ccc([C@@H](C)O)cn1)c1ccccc1F. The summed E-state index contributed by atoms with van der Waals surface area (Å²) in [5, 5.41) is 9.46. The summed E-state index contributed by atoms with van der Waals surface area (Å²) in [6.45, 7) is 4.24. The molecule has 0 unspecified atom stereocenters. The van der Waals surface area contributed by atoms with Crippen molar-refractivity contribution in [2.24, 2.45) is 0 Å². The topological polar surface area (TPSA) is 36.4 Å². The lowest BCUT2D eigenvalue weighted by atomic mass is 10.2. The van der Waals surface area contributed by atoms with Crippen LogP contribution in [0.5, 0.6) is 0 Å². The van der Waals surface area contributed by atoms with Crippen LogP contribution < -0.4 is 4.90 Å². The van der Waals surface area contributed by atoms with Crippen molar-refractivity contribution in [1.29, 1.82) is 0 Å². The van der Waals surface area contributed by atoms with E-state index in [4.69, 9.17) is 0 Å². The normalized spacial score (nSPS) is 12.2. The third kappa shape index (κ3) is 2.90. The van der Waals surface area contributed by atoms with Gasteiger partial charge in [-0.05, 0) is 37.6 Å². The quantitative estimate of drug-likeness (QED) is 0.915. The molecule has 1 atom stereocenters. The Bertz CT molecular complexity index is 540. The summed E-state index contributed by atoms with van der Waals surface area (Å²) in [4.78, 5) is 6.08. The first kappa shape index (κ1) is 13.5. The zero-order valence-electron chi connectivity index (χ0n) is 11.0. The van der Waals surface area contributed by atoms with Gasteiger partial charge in [0.15, 0.2) is 0 Å². The number of aliphatic hydroxyl groups is 1. The number of para-hydroxylation sites is 1. The molecule has 100 valence electrons. The third-order valence-electron chi connectivity index (χ3n) is 2.99. The first-order valence-corrected chi connectivity index (χ1v) is 6.29. The number of hydrogen-bond donors (Lipinski definition) is 1. The highest BCUT2D eigenvalue weighted by molar-refractivity contribution is 5.60. The predicted octanol–water partition coefficient (Wildman–Crippen LogP) is 3.43. The maximum Gasteiger partial charge on any atom is 0.146 e. The number of hydrogen-bond acceptors (Lipinski definition) is 3. The van der Waals surface area contributed by atoms with Gasteiger partial charge in [-0.1, -0.05) is 18.2 Å². The van der Waals surface area contributed by atoms with Gasteiger partial charge < -0.3 is 10.0 Å². The Morgan fingerprint density at radius 1 is 1.26 bits per heavy atom. The molecule has 2 aromatic rings. The zero-order chi connectivity index (χ0) is 13.8.